The molecule has 1 fully saturated rings. The van der Waals surface area contributed by atoms with Gasteiger partial charge in [-0.25, -0.2) is 0 Å². The maximum Gasteiger partial charge on any atom is 0.313 e. The molecule has 0 N–H and O–H groups in total. The number of carbonyl (C=O) groups is 2. The van der Waals surface area contributed by atoms with Gasteiger partial charge in [0, 0.05) is 5.41 Å². The number of aldehydes is 1. The van der Waals surface area contributed by atoms with Crippen molar-refractivity contribution in [2.24, 2.45) is 16.2 Å². The van der Waals surface area contributed by atoms with E-state index in [-0.39, 0.29) is 11.4 Å². The summed E-state index contributed by atoms with van der Waals surface area (Å²) in [6.07, 6.45) is 1.60. The highest BCUT2D eigenvalue weighted by atomic mass is 16.5. The van der Waals surface area contributed by atoms with Crippen LogP contribution in [-0.2, 0) is 14.3 Å². The molecular weight excluding hydrogens is 180 g/mol. The van der Waals surface area contributed by atoms with E-state index in [2.05, 4.69) is 0 Å². The minimum absolute atomic E-state index is 0.281. The summed E-state index contributed by atoms with van der Waals surface area (Å²) >= 11 is 0. The first kappa shape index (κ1) is 11.2. The number of esters is 1. The van der Waals surface area contributed by atoms with Crippen LogP contribution in [0.4, 0.5) is 0 Å². The Balaban J connectivity index is 3.16. The molecule has 1 saturated carbocycles. The highest BCUT2D eigenvalue weighted by Gasteiger charge is 2.83. The fraction of sp³-hybridized carbons (Fsp3) is 0.818. The fourth-order valence-electron chi connectivity index (χ4n) is 3.02. The normalized spacial score (nSPS) is 38.9. The summed E-state index contributed by atoms with van der Waals surface area (Å²) in [4.78, 5) is 22.8. The summed E-state index contributed by atoms with van der Waals surface area (Å²) in [6, 6.07) is 0. The minimum Gasteiger partial charge on any atom is -0.469 e. The molecule has 0 aromatic rings. The van der Waals surface area contributed by atoms with Gasteiger partial charge in [-0.1, -0.05) is 20.8 Å². The van der Waals surface area contributed by atoms with Crippen LogP contribution in [0.1, 0.15) is 34.1 Å². The third-order valence-electron chi connectivity index (χ3n) is 4.55. The van der Waals surface area contributed by atoms with Gasteiger partial charge in [0.15, 0.2) is 0 Å². The van der Waals surface area contributed by atoms with E-state index in [0.717, 1.165) is 6.29 Å². The van der Waals surface area contributed by atoms with Gasteiger partial charge in [0.2, 0.25) is 0 Å². The maximum atomic E-state index is 11.7. The number of hydrogen-bond acceptors (Lipinski definition) is 3. The second-order valence-corrected chi connectivity index (χ2v) is 4.68. The van der Waals surface area contributed by atoms with Gasteiger partial charge < -0.3 is 9.53 Å². The lowest BCUT2D eigenvalue weighted by atomic mass is 9.93. The molecule has 0 aromatic carbocycles. The van der Waals surface area contributed by atoms with E-state index in [1.807, 2.05) is 27.7 Å². The van der Waals surface area contributed by atoms with Crippen molar-refractivity contribution in [2.75, 3.05) is 7.11 Å². The van der Waals surface area contributed by atoms with E-state index in [1.54, 1.807) is 0 Å². The van der Waals surface area contributed by atoms with Crippen LogP contribution in [0.25, 0.3) is 0 Å². The van der Waals surface area contributed by atoms with Crippen LogP contribution in [0.2, 0.25) is 0 Å². The van der Waals surface area contributed by atoms with Crippen molar-refractivity contribution in [3.8, 4) is 0 Å². The third kappa shape index (κ3) is 0.787. The van der Waals surface area contributed by atoms with Crippen LogP contribution in [0, 0.1) is 16.2 Å². The number of ether oxygens (including phenoxy) is 1. The maximum absolute atomic E-state index is 11.7. The highest BCUT2D eigenvalue weighted by molar-refractivity contribution is 5.91. The second-order valence-electron chi connectivity index (χ2n) is 4.68. The molecular formula is C11H18O3. The molecule has 1 rings (SSSR count). The van der Waals surface area contributed by atoms with Crippen molar-refractivity contribution < 1.29 is 14.3 Å². The Bertz CT molecular complexity index is 282. The quantitative estimate of drug-likeness (QED) is 0.513. The molecule has 1 aliphatic carbocycles. The number of methoxy groups -OCH3 is 1. The molecule has 1 aliphatic rings. The van der Waals surface area contributed by atoms with Crippen LogP contribution in [-0.4, -0.2) is 19.4 Å². The second kappa shape index (κ2) is 2.81. The SMILES string of the molecule is CCC1(C=O)C(C)(C)C1(C)C(=O)OC. The molecule has 0 bridgehead atoms. The minimum atomic E-state index is -0.661. The van der Waals surface area contributed by atoms with Crippen molar-refractivity contribution in [1.82, 2.24) is 0 Å². The number of rotatable bonds is 3. The summed E-state index contributed by atoms with van der Waals surface area (Å²) in [7, 11) is 1.37. The van der Waals surface area contributed by atoms with Gasteiger partial charge in [0.1, 0.15) is 6.29 Å². The molecule has 14 heavy (non-hydrogen) atoms. The Morgan fingerprint density at radius 3 is 2.07 bits per heavy atom. The highest BCUT2D eigenvalue weighted by Crippen LogP contribution is 2.78. The molecule has 3 nitrogen and oxygen atoms in total. The molecule has 0 aromatic heterocycles. The number of carbonyl (C=O) groups excluding carboxylic acids is 2. The predicted octanol–water partition coefficient (Wildman–Crippen LogP) is 1.80. The number of hydrogen-bond donors (Lipinski definition) is 0. The van der Waals surface area contributed by atoms with Crippen LogP contribution in [0.15, 0.2) is 0 Å². The first-order valence-electron chi connectivity index (χ1n) is 4.90. The van der Waals surface area contributed by atoms with Gasteiger partial charge in [-0.3, -0.25) is 4.79 Å². The van der Waals surface area contributed by atoms with Crippen molar-refractivity contribution in [2.45, 2.75) is 34.1 Å². The average molecular weight is 198 g/mol. The van der Waals surface area contributed by atoms with Gasteiger partial charge in [0.05, 0.1) is 12.5 Å². The molecule has 0 spiro atoms. The Kier molecular flexibility index (Phi) is 2.25. The summed E-state index contributed by atoms with van der Waals surface area (Å²) < 4.78 is 4.77. The molecule has 0 amide bonds. The molecule has 0 aliphatic heterocycles. The first-order valence-corrected chi connectivity index (χ1v) is 4.90. The monoisotopic (exact) mass is 198 g/mol. The van der Waals surface area contributed by atoms with Crippen molar-refractivity contribution >= 4 is 12.3 Å². The molecule has 2 unspecified atom stereocenters. The van der Waals surface area contributed by atoms with Crippen LogP contribution >= 0.6 is 0 Å². The molecule has 0 saturated heterocycles. The largest absolute Gasteiger partial charge is 0.469 e. The molecule has 0 heterocycles. The van der Waals surface area contributed by atoms with E-state index < -0.39 is 10.8 Å². The zero-order chi connectivity index (χ0) is 11.2. The summed E-state index contributed by atoms with van der Waals surface area (Å²) in [6.45, 7) is 7.64. The standard InChI is InChI=1S/C11H18O3/c1-6-11(7-12)9(2,3)10(11,4)8(13)14-5/h7H,6H2,1-5H3. The smallest absolute Gasteiger partial charge is 0.313 e. The van der Waals surface area contributed by atoms with Gasteiger partial charge in [-0.2, -0.15) is 0 Å². The molecule has 0 radical (unpaired) electrons. The molecule has 2 atom stereocenters. The Labute approximate surface area is 84.8 Å². The van der Waals surface area contributed by atoms with E-state index in [9.17, 15) is 9.59 Å². The lowest BCUT2D eigenvalue weighted by Gasteiger charge is -2.12. The van der Waals surface area contributed by atoms with Gasteiger partial charge in [-0.15, -0.1) is 0 Å². The lowest BCUT2D eigenvalue weighted by Crippen LogP contribution is -2.23. The van der Waals surface area contributed by atoms with Crippen LogP contribution in [0.3, 0.4) is 0 Å². The van der Waals surface area contributed by atoms with Gasteiger partial charge in [-0.05, 0) is 18.8 Å². The van der Waals surface area contributed by atoms with Crippen molar-refractivity contribution in [1.29, 1.82) is 0 Å². The lowest BCUT2D eigenvalue weighted by molar-refractivity contribution is -0.149. The van der Waals surface area contributed by atoms with E-state index >= 15 is 0 Å². The third-order valence-corrected chi connectivity index (χ3v) is 4.55. The van der Waals surface area contributed by atoms with Crippen LogP contribution < -0.4 is 0 Å². The summed E-state index contributed by atoms with van der Waals surface area (Å²) in [5.41, 5.74) is -1.51. The van der Waals surface area contributed by atoms with Gasteiger partial charge in [0.25, 0.3) is 0 Å². The van der Waals surface area contributed by atoms with E-state index in [0.29, 0.717) is 6.42 Å². The Morgan fingerprint density at radius 2 is 1.86 bits per heavy atom. The Morgan fingerprint density at radius 1 is 1.36 bits per heavy atom. The average Bonchev–Trinajstić information content (AvgIpc) is 2.56. The van der Waals surface area contributed by atoms with Crippen molar-refractivity contribution in [3.05, 3.63) is 0 Å². The summed E-state index contributed by atoms with van der Waals surface area (Å²) in [5, 5.41) is 0. The summed E-state index contributed by atoms with van der Waals surface area (Å²) in [5.74, 6) is -0.281. The van der Waals surface area contributed by atoms with E-state index in [1.165, 1.54) is 7.11 Å². The fourth-order valence-corrected chi connectivity index (χ4v) is 3.02. The van der Waals surface area contributed by atoms with Crippen LogP contribution in [0.5, 0.6) is 0 Å². The van der Waals surface area contributed by atoms with Crippen molar-refractivity contribution in [3.63, 3.8) is 0 Å². The molecule has 80 valence electrons. The first-order chi connectivity index (χ1) is 6.35. The molecule has 3 heteroatoms. The predicted molar refractivity (Wildman–Crippen MR) is 52.7 cm³/mol. The topological polar surface area (TPSA) is 43.4 Å². The van der Waals surface area contributed by atoms with E-state index in [4.69, 9.17) is 4.74 Å². The zero-order valence-corrected chi connectivity index (χ0v) is 9.51. The Hall–Kier alpha value is -0.860. The zero-order valence-electron chi connectivity index (χ0n) is 9.51. The van der Waals surface area contributed by atoms with Gasteiger partial charge >= 0.3 is 5.97 Å².